The number of aryl methyl sites for hydroxylation is 1. The van der Waals surface area contributed by atoms with Gasteiger partial charge in [0, 0.05) is 17.8 Å². The van der Waals surface area contributed by atoms with Crippen LogP contribution < -0.4 is 4.74 Å². The Balaban J connectivity index is 1.74. The van der Waals surface area contributed by atoms with Crippen LogP contribution in [0.2, 0.25) is 5.15 Å². The minimum atomic E-state index is -0.523. The molecule has 2 heterocycles. The largest absolute Gasteiger partial charge is 0.420 e. The standard InChI is InChI=1S/C19H15BrClN3O2/c1-13-15(9-10-17(25)26-16-8-5-11-22-18(16)20)19(21)24(23-13)12-14-6-3-2-4-7-14/h2-11H,12H2,1H3/b10-9+. The molecule has 1 aromatic carbocycles. The van der Waals surface area contributed by atoms with Crippen molar-refractivity contribution in [3.05, 3.63) is 81.3 Å². The summed E-state index contributed by atoms with van der Waals surface area (Å²) >= 11 is 9.66. The molecular formula is C19H15BrClN3O2. The molecule has 2 aromatic heterocycles. The summed E-state index contributed by atoms with van der Waals surface area (Å²) in [7, 11) is 0. The van der Waals surface area contributed by atoms with Crippen LogP contribution in [0.3, 0.4) is 0 Å². The van der Waals surface area contributed by atoms with Crippen LogP contribution in [0.15, 0.2) is 59.3 Å². The van der Waals surface area contributed by atoms with Gasteiger partial charge in [-0.15, -0.1) is 0 Å². The molecule has 0 unspecified atom stereocenters. The molecule has 5 nitrogen and oxygen atoms in total. The number of hydrogen-bond donors (Lipinski definition) is 0. The molecule has 0 aliphatic heterocycles. The Morgan fingerprint density at radius 1 is 1.27 bits per heavy atom. The number of benzene rings is 1. The van der Waals surface area contributed by atoms with Gasteiger partial charge in [-0.3, -0.25) is 0 Å². The van der Waals surface area contributed by atoms with E-state index in [1.54, 1.807) is 29.1 Å². The zero-order chi connectivity index (χ0) is 18.5. The molecule has 0 atom stereocenters. The number of esters is 1. The van der Waals surface area contributed by atoms with E-state index < -0.39 is 5.97 Å². The number of carbonyl (C=O) groups excluding carboxylic acids is 1. The highest BCUT2D eigenvalue weighted by Crippen LogP contribution is 2.24. The monoisotopic (exact) mass is 431 g/mol. The highest BCUT2D eigenvalue weighted by Gasteiger charge is 2.12. The van der Waals surface area contributed by atoms with Crippen LogP contribution in [0, 0.1) is 6.92 Å². The Kier molecular flexibility index (Phi) is 5.85. The molecule has 26 heavy (non-hydrogen) atoms. The van der Waals surface area contributed by atoms with Crippen molar-refractivity contribution in [1.29, 1.82) is 0 Å². The van der Waals surface area contributed by atoms with Gasteiger partial charge in [0.05, 0.1) is 12.2 Å². The first-order chi connectivity index (χ1) is 12.5. The van der Waals surface area contributed by atoms with Gasteiger partial charge in [-0.25, -0.2) is 14.5 Å². The lowest BCUT2D eigenvalue weighted by molar-refractivity contribution is -0.128. The number of halogens is 2. The summed E-state index contributed by atoms with van der Waals surface area (Å²) in [6.45, 7) is 2.40. The molecule has 0 amide bonds. The van der Waals surface area contributed by atoms with Crippen molar-refractivity contribution in [2.45, 2.75) is 13.5 Å². The number of aromatic nitrogens is 3. The van der Waals surface area contributed by atoms with Gasteiger partial charge >= 0.3 is 5.97 Å². The van der Waals surface area contributed by atoms with E-state index in [1.807, 2.05) is 37.3 Å². The van der Waals surface area contributed by atoms with Crippen molar-refractivity contribution in [1.82, 2.24) is 14.8 Å². The molecule has 0 aliphatic rings. The van der Waals surface area contributed by atoms with Crippen LogP contribution in [-0.4, -0.2) is 20.7 Å². The van der Waals surface area contributed by atoms with Crippen LogP contribution in [0.4, 0.5) is 0 Å². The van der Waals surface area contributed by atoms with Gasteiger partial charge in [0.1, 0.15) is 9.76 Å². The first-order valence-electron chi connectivity index (χ1n) is 7.82. The summed E-state index contributed by atoms with van der Waals surface area (Å²) in [5.74, 6) is -0.172. The zero-order valence-corrected chi connectivity index (χ0v) is 16.2. The maximum atomic E-state index is 12.0. The fourth-order valence-corrected chi connectivity index (χ4v) is 2.99. The van der Waals surface area contributed by atoms with Gasteiger partial charge in [-0.05, 0) is 46.6 Å². The minimum absolute atomic E-state index is 0.352. The van der Waals surface area contributed by atoms with Crippen molar-refractivity contribution in [2.75, 3.05) is 0 Å². The molecule has 0 aliphatic carbocycles. The van der Waals surface area contributed by atoms with E-state index in [4.69, 9.17) is 16.3 Å². The van der Waals surface area contributed by atoms with Gasteiger partial charge in [0.15, 0.2) is 5.75 Å². The molecule has 132 valence electrons. The van der Waals surface area contributed by atoms with Gasteiger partial charge in [0.2, 0.25) is 0 Å². The molecule has 3 rings (SSSR count). The van der Waals surface area contributed by atoms with Crippen LogP contribution in [0.25, 0.3) is 6.08 Å². The Labute approximate surface area is 164 Å². The molecule has 0 fully saturated rings. The number of rotatable bonds is 5. The second-order valence-electron chi connectivity index (χ2n) is 5.48. The second kappa shape index (κ2) is 8.29. The van der Waals surface area contributed by atoms with Crippen LogP contribution in [0.1, 0.15) is 16.8 Å². The maximum Gasteiger partial charge on any atom is 0.336 e. The summed E-state index contributed by atoms with van der Waals surface area (Å²) in [4.78, 5) is 16.0. The number of carbonyl (C=O) groups is 1. The quantitative estimate of drug-likeness (QED) is 0.334. The maximum absolute atomic E-state index is 12.0. The molecule has 0 N–H and O–H groups in total. The number of ether oxygens (including phenoxy) is 1. The lowest BCUT2D eigenvalue weighted by Crippen LogP contribution is -2.04. The average Bonchev–Trinajstić information content (AvgIpc) is 2.89. The molecule has 0 spiro atoms. The lowest BCUT2D eigenvalue weighted by Gasteiger charge is -2.03. The van der Waals surface area contributed by atoms with Crippen molar-refractivity contribution in [3.8, 4) is 5.75 Å². The van der Waals surface area contributed by atoms with E-state index in [9.17, 15) is 4.79 Å². The highest BCUT2D eigenvalue weighted by atomic mass is 79.9. The Morgan fingerprint density at radius 2 is 2.04 bits per heavy atom. The van der Waals surface area contributed by atoms with Crippen molar-refractivity contribution < 1.29 is 9.53 Å². The normalized spacial score (nSPS) is 11.0. The molecular weight excluding hydrogens is 418 g/mol. The summed E-state index contributed by atoms with van der Waals surface area (Å²) in [6, 6.07) is 13.2. The molecule has 0 saturated heterocycles. The molecule has 3 aromatic rings. The fourth-order valence-electron chi connectivity index (χ4n) is 2.36. The van der Waals surface area contributed by atoms with E-state index in [-0.39, 0.29) is 0 Å². The third-order valence-corrected chi connectivity index (χ3v) is 4.60. The fraction of sp³-hybridized carbons (Fsp3) is 0.105. The number of pyridine rings is 1. The van der Waals surface area contributed by atoms with Crippen LogP contribution in [0.5, 0.6) is 5.75 Å². The summed E-state index contributed by atoms with van der Waals surface area (Å²) in [5, 5.41) is 4.92. The van der Waals surface area contributed by atoms with Gasteiger partial charge < -0.3 is 4.74 Å². The minimum Gasteiger partial charge on any atom is -0.420 e. The van der Waals surface area contributed by atoms with E-state index in [0.717, 1.165) is 11.3 Å². The molecule has 7 heteroatoms. The third-order valence-electron chi connectivity index (χ3n) is 3.61. The average molecular weight is 433 g/mol. The summed E-state index contributed by atoms with van der Waals surface area (Å²) in [6.07, 6.45) is 4.53. The number of hydrogen-bond acceptors (Lipinski definition) is 4. The van der Waals surface area contributed by atoms with Crippen molar-refractivity contribution in [2.24, 2.45) is 0 Å². The Morgan fingerprint density at radius 3 is 2.77 bits per heavy atom. The van der Waals surface area contributed by atoms with Gasteiger partial charge in [-0.2, -0.15) is 5.10 Å². The molecule has 0 bridgehead atoms. The van der Waals surface area contributed by atoms with Crippen molar-refractivity contribution >= 4 is 39.6 Å². The zero-order valence-electron chi connectivity index (χ0n) is 13.9. The predicted octanol–water partition coefficient (Wildman–Crippen LogP) is 4.67. The van der Waals surface area contributed by atoms with E-state index in [2.05, 4.69) is 26.0 Å². The third kappa shape index (κ3) is 4.39. The number of nitrogens with zero attached hydrogens (tertiary/aromatic N) is 3. The van der Waals surface area contributed by atoms with Crippen molar-refractivity contribution in [3.63, 3.8) is 0 Å². The summed E-state index contributed by atoms with van der Waals surface area (Å²) in [5.41, 5.74) is 2.51. The topological polar surface area (TPSA) is 57.0 Å². The van der Waals surface area contributed by atoms with E-state index >= 15 is 0 Å². The van der Waals surface area contributed by atoms with Gasteiger partial charge in [0.25, 0.3) is 0 Å². The summed E-state index contributed by atoms with van der Waals surface area (Å²) < 4.78 is 7.41. The molecule has 0 radical (unpaired) electrons. The highest BCUT2D eigenvalue weighted by molar-refractivity contribution is 9.10. The van der Waals surface area contributed by atoms with Crippen LogP contribution >= 0.6 is 27.5 Å². The Bertz CT molecular complexity index is 955. The molecule has 0 saturated carbocycles. The second-order valence-corrected chi connectivity index (χ2v) is 6.59. The SMILES string of the molecule is Cc1nn(Cc2ccccc2)c(Cl)c1/C=C/C(=O)Oc1cccnc1Br. The first-order valence-corrected chi connectivity index (χ1v) is 8.99. The first kappa shape index (κ1) is 18.4. The van der Waals surface area contributed by atoms with Crippen LogP contribution in [-0.2, 0) is 11.3 Å². The van der Waals surface area contributed by atoms with E-state index in [1.165, 1.54) is 6.08 Å². The van der Waals surface area contributed by atoms with Gasteiger partial charge in [-0.1, -0.05) is 41.9 Å². The predicted molar refractivity (Wildman–Crippen MR) is 104 cm³/mol. The lowest BCUT2D eigenvalue weighted by atomic mass is 10.2. The van der Waals surface area contributed by atoms with E-state index in [0.29, 0.717) is 27.6 Å². The smallest absolute Gasteiger partial charge is 0.336 e. The Hall–Kier alpha value is -2.44.